The first-order valence-electron chi connectivity index (χ1n) is 12.1. The van der Waals surface area contributed by atoms with Crippen molar-refractivity contribution >= 4 is 40.1 Å². The number of hydrogen-bond donors (Lipinski definition) is 0. The lowest BCUT2D eigenvalue weighted by Gasteiger charge is -2.30. The highest BCUT2D eigenvalue weighted by Crippen LogP contribution is 2.52. The molecule has 0 fully saturated rings. The SMILES string of the molecule is Cc1ccc2c(c1)P(=O)(c1ccc(N(c3ccccc3)c3ccccc3)cc1)c1cc(C)ccc1O2. The molecule has 0 saturated heterocycles. The van der Waals surface area contributed by atoms with Crippen LogP contribution >= 0.6 is 7.14 Å². The van der Waals surface area contributed by atoms with Crippen LogP contribution in [0.2, 0.25) is 0 Å². The van der Waals surface area contributed by atoms with Gasteiger partial charge in [-0.3, -0.25) is 0 Å². The maximum absolute atomic E-state index is 15.1. The van der Waals surface area contributed by atoms with E-state index < -0.39 is 7.14 Å². The number of aryl methyl sites for hydroxylation is 2. The number of anilines is 3. The van der Waals surface area contributed by atoms with Gasteiger partial charge < -0.3 is 14.2 Å². The molecule has 0 unspecified atom stereocenters. The lowest BCUT2D eigenvalue weighted by atomic mass is 10.2. The third-order valence-electron chi connectivity index (χ3n) is 6.63. The van der Waals surface area contributed by atoms with E-state index in [-0.39, 0.29) is 0 Å². The fourth-order valence-electron chi connectivity index (χ4n) is 4.86. The van der Waals surface area contributed by atoms with Crippen molar-refractivity contribution in [2.45, 2.75) is 13.8 Å². The van der Waals surface area contributed by atoms with Crippen LogP contribution in [0.15, 0.2) is 121 Å². The van der Waals surface area contributed by atoms with E-state index >= 15 is 4.57 Å². The van der Waals surface area contributed by atoms with Gasteiger partial charge in [0.2, 0.25) is 0 Å². The Labute approximate surface area is 212 Å². The van der Waals surface area contributed by atoms with Crippen LogP contribution < -0.4 is 25.6 Å². The lowest BCUT2D eigenvalue weighted by molar-refractivity contribution is 0.485. The molecule has 1 aliphatic rings. The van der Waals surface area contributed by atoms with Crippen molar-refractivity contribution in [2.75, 3.05) is 4.90 Å². The number of ether oxygens (including phenoxy) is 1. The first-order chi connectivity index (χ1) is 17.5. The molecular formula is C32H26NO2P. The summed E-state index contributed by atoms with van der Waals surface area (Å²) in [6.45, 7) is 4.05. The van der Waals surface area contributed by atoms with Gasteiger partial charge in [0.15, 0.2) is 7.14 Å². The normalized spacial score (nSPS) is 13.3. The molecule has 1 aliphatic heterocycles. The van der Waals surface area contributed by atoms with E-state index in [2.05, 4.69) is 41.3 Å². The van der Waals surface area contributed by atoms with E-state index in [0.717, 1.165) is 44.1 Å². The van der Waals surface area contributed by atoms with Gasteiger partial charge in [-0.1, -0.05) is 59.7 Å². The average Bonchev–Trinajstić information content (AvgIpc) is 2.91. The number of nitrogens with zero attached hydrogens (tertiary/aromatic N) is 1. The zero-order chi connectivity index (χ0) is 24.7. The Morgan fingerprint density at radius 2 is 1.00 bits per heavy atom. The molecular weight excluding hydrogens is 461 g/mol. The Bertz CT molecular complexity index is 1500. The third kappa shape index (κ3) is 3.73. The highest BCUT2D eigenvalue weighted by atomic mass is 31.2. The molecule has 0 radical (unpaired) electrons. The number of para-hydroxylation sites is 2. The number of rotatable bonds is 4. The van der Waals surface area contributed by atoms with E-state index in [9.17, 15) is 0 Å². The summed E-state index contributed by atoms with van der Waals surface area (Å²) in [6, 6.07) is 40.6. The molecule has 36 heavy (non-hydrogen) atoms. The molecule has 0 bridgehead atoms. The van der Waals surface area contributed by atoms with E-state index in [4.69, 9.17) is 4.74 Å². The van der Waals surface area contributed by atoms with Gasteiger partial charge in [0.05, 0.1) is 10.6 Å². The molecule has 0 atom stereocenters. The van der Waals surface area contributed by atoms with Crippen molar-refractivity contribution in [1.82, 2.24) is 0 Å². The fourth-order valence-corrected chi connectivity index (χ4v) is 7.88. The number of fused-ring (bicyclic) bond motifs is 2. The number of benzene rings is 5. The predicted octanol–water partition coefficient (Wildman–Crippen LogP) is 7.52. The molecule has 0 aliphatic carbocycles. The predicted molar refractivity (Wildman–Crippen MR) is 150 cm³/mol. The van der Waals surface area contributed by atoms with Gasteiger partial charge in [0, 0.05) is 22.4 Å². The zero-order valence-corrected chi connectivity index (χ0v) is 21.2. The van der Waals surface area contributed by atoms with Crippen molar-refractivity contribution in [2.24, 2.45) is 0 Å². The zero-order valence-electron chi connectivity index (χ0n) is 20.3. The minimum Gasteiger partial charge on any atom is -0.456 e. The van der Waals surface area contributed by atoms with Crippen molar-refractivity contribution in [3.8, 4) is 11.5 Å². The van der Waals surface area contributed by atoms with E-state index in [1.165, 1.54) is 0 Å². The monoisotopic (exact) mass is 487 g/mol. The van der Waals surface area contributed by atoms with Crippen molar-refractivity contribution < 1.29 is 9.30 Å². The van der Waals surface area contributed by atoms with Gasteiger partial charge >= 0.3 is 0 Å². The van der Waals surface area contributed by atoms with Crippen LogP contribution in [0, 0.1) is 13.8 Å². The first-order valence-corrected chi connectivity index (χ1v) is 13.8. The Balaban J connectivity index is 1.51. The molecule has 176 valence electrons. The summed E-state index contributed by atoms with van der Waals surface area (Å²) in [7, 11) is -3.14. The second-order valence-electron chi connectivity index (χ2n) is 9.18. The van der Waals surface area contributed by atoms with Gasteiger partial charge in [-0.15, -0.1) is 0 Å². The van der Waals surface area contributed by atoms with Gasteiger partial charge in [-0.25, -0.2) is 0 Å². The highest BCUT2D eigenvalue weighted by Gasteiger charge is 2.39. The van der Waals surface area contributed by atoms with Gasteiger partial charge in [-0.2, -0.15) is 0 Å². The minimum absolute atomic E-state index is 0.666. The average molecular weight is 488 g/mol. The summed E-state index contributed by atoms with van der Waals surface area (Å²) in [5.74, 6) is 1.33. The molecule has 5 aromatic rings. The van der Waals surface area contributed by atoms with Crippen molar-refractivity contribution in [3.63, 3.8) is 0 Å². The summed E-state index contributed by atoms with van der Waals surface area (Å²) in [4.78, 5) is 2.21. The molecule has 1 heterocycles. The minimum atomic E-state index is -3.14. The summed E-state index contributed by atoms with van der Waals surface area (Å²) in [5.41, 5.74) is 5.26. The Hall–Kier alpha value is -4.07. The summed E-state index contributed by atoms with van der Waals surface area (Å²) in [5, 5.41) is 2.32. The Morgan fingerprint density at radius 3 is 1.47 bits per heavy atom. The Kier molecular flexibility index (Phi) is 5.51. The van der Waals surface area contributed by atoms with Gasteiger partial charge in [0.1, 0.15) is 11.5 Å². The largest absolute Gasteiger partial charge is 0.456 e. The van der Waals surface area contributed by atoms with Crippen LogP contribution in [0.5, 0.6) is 11.5 Å². The van der Waals surface area contributed by atoms with Crippen LogP contribution in [0.4, 0.5) is 17.1 Å². The van der Waals surface area contributed by atoms with Crippen LogP contribution in [-0.4, -0.2) is 0 Å². The first kappa shape index (κ1) is 22.4. The van der Waals surface area contributed by atoms with E-state index in [1.54, 1.807) is 0 Å². The maximum Gasteiger partial charge on any atom is 0.178 e. The quantitative estimate of drug-likeness (QED) is 0.241. The standard InChI is InChI=1S/C32H26NO2P/c1-23-13-19-29-31(21-23)36(34,32-22-24(2)14-20-30(32)35-29)28-17-15-27(16-18-28)33(25-9-5-3-6-10-25)26-11-7-4-8-12-26/h3-22H,1-2H3. The second-order valence-corrected chi connectivity index (χ2v) is 11.9. The third-order valence-corrected chi connectivity index (χ3v) is 9.71. The topological polar surface area (TPSA) is 29.5 Å². The molecule has 0 N–H and O–H groups in total. The van der Waals surface area contributed by atoms with Crippen LogP contribution in [-0.2, 0) is 4.57 Å². The smallest absolute Gasteiger partial charge is 0.178 e. The van der Waals surface area contributed by atoms with Crippen LogP contribution in [0.1, 0.15) is 11.1 Å². The molecule has 0 amide bonds. The summed E-state index contributed by atoms with van der Waals surface area (Å²) >= 11 is 0. The van der Waals surface area contributed by atoms with Gasteiger partial charge in [0.25, 0.3) is 0 Å². The molecule has 6 rings (SSSR count). The summed E-state index contributed by atoms with van der Waals surface area (Å²) in [6.07, 6.45) is 0. The summed E-state index contributed by atoms with van der Waals surface area (Å²) < 4.78 is 21.3. The highest BCUT2D eigenvalue weighted by molar-refractivity contribution is 7.85. The number of hydrogen-bond acceptors (Lipinski definition) is 3. The van der Waals surface area contributed by atoms with Crippen molar-refractivity contribution in [3.05, 3.63) is 132 Å². The fraction of sp³-hybridized carbons (Fsp3) is 0.0625. The molecule has 5 aromatic carbocycles. The van der Waals surface area contributed by atoms with Crippen molar-refractivity contribution in [1.29, 1.82) is 0 Å². The molecule has 3 nitrogen and oxygen atoms in total. The Morgan fingerprint density at radius 1 is 0.556 bits per heavy atom. The molecule has 0 saturated carbocycles. The second kappa shape index (κ2) is 8.86. The van der Waals surface area contributed by atoms with Crippen LogP contribution in [0.3, 0.4) is 0 Å². The maximum atomic E-state index is 15.1. The molecule has 0 spiro atoms. The van der Waals surface area contributed by atoms with E-state index in [0.29, 0.717) is 11.5 Å². The van der Waals surface area contributed by atoms with Gasteiger partial charge in [-0.05, 0) is 86.6 Å². The molecule has 0 aromatic heterocycles. The van der Waals surface area contributed by atoms with E-state index in [1.807, 2.05) is 98.8 Å². The van der Waals surface area contributed by atoms with Crippen LogP contribution in [0.25, 0.3) is 0 Å². The lowest BCUT2D eigenvalue weighted by Crippen LogP contribution is -2.31. The molecule has 4 heteroatoms.